The summed E-state index contributed by atoms with van der Waals surface area (Å²) >= 11 is 0. The van der Waals surface area contributed by atoms with Crippen molar-refractivity contribution in [2.75, 3.05) is 7.11 Å². The Morgan fingerprint density at radius 1 is 1.12 bits per heavy atom. The minimum Gasteiger partial charge on any atom is -0.468 e. The van der Waals surface area contributed by atoms with Crippen molar-refractivity contribution in [3.8, 4) is 0 Å². The third-order valence-electron chi connectivity index (χ3n) is 8.30. The molecule has 4 heteroatoms. The smallest absolute Gasteiger partial charge is 0.316 e. The van der Waals surface area contributed by atoms with Crippen LogP contribution >= 0.6 is 0 Å². The molecular weight excluding hydrogens is 304 g/mol. The number of Topliss-reactive ketones (excluding diaryl/α,β-unsaturated/α-hetero) is 1. The lowest BCUT2D eigenvalue weighted by Crippen LogP contribution is -2.52. The molecule has 4 fully saturated rings. The summed E-state index contributed by atoms with van der Waals surface area (Å²) in [5.74, 6) is 1.77. The third kappa shape index (κ3) is 2.28. The fourth-order valence-corrected chi connectivity index (χ4v) is 7.12. The van der Waals surface area contributed by atoms with Crippen molar-refractivity contribution in [2.45, 2.75) is 64.4 Å². The molecule has 0 amide bonds. The molecule has 0 radical (unpaired) electrons. The number of carbonyl (C=O) groups is 2. The fraction of sp³-hybridized carbons (Fsp3) is 0.900. The molecule has 134 valence electrons. The van der Waals surface area contributed by atoms with Crippen molar-refractivity contribution >= 4 is 11.8 Å². The van der Waals surface area contributed by atoms with Gasteiger partial charge in [0.05, 0.1) is 13.2 Å². The normalized spacial score (nSPS) is 50.6. The first-order valence-electron chi connectivity index (χ1n) is 9.74. The van der Waals surface area contributed by atoms with E-state index in [1.54, 1.807) is 0 Å². The third-order valence-corrected chi connectivity index (χ3v) is 8.30. The molecule has 4 saturated carbocycles. The second-order valence-electron chi connectivity index (χ2n) is 9.05. The number of rotatable bonds is 1. The van der Waals surface area contributed by atoms with Crippen molar-refractivity contribution in [1.29, 1.82) is 0 Å². The Morgan fingerprint density at radius 2 is 1.88 bits per heavy atom. The average molecular weight is 334 g/mol. The van der Waals surface area contributed by atoms with E-state index in [0.717, 1.165) is 32.1 Å². The molecule has 4 nitrogen and oxygen atoms in total. The molecule has 0 unspecified atom stereocenters. The summed E-state index contributed by atoms with van der Waals surface area (Å²) in [5, 5.41) is 10.1. The number of hydrogen-bond acceptors (Lipinski definition) is 4. The molecule has 0 aromatic carbocycles. The van der Waals surface area contributed by atoms with Crippen LogP contribution in [0.5, 0.6) is 0 Å². The lowest BCUT2D eigenvalue weighted by Gasteiger charge is -2.58. The molecule has 0 saturated heterocycles. The summed E-state index contributed by atoms with van der Waals surface area (Å²) in [6, 6.07) is 0. The summed E-state index contributed by atoms with van der Waals surface area (Å²) in [7, 11) is 1.40. The molecule has 0 bridgehead atoms. The molecule has 0 spiro atoms. The van der Waals surface area contributed by atoms with Gasteiger partial charge in [0.15, 0.2) is 0 Å². The number of fused-ring (bicyclic) bond motifs is 5. The molecule has 0 aromatic rings. The maximum atomic E-state index is 12.5. The van der Waals surface area contributed by atoms with E-state index in [1.165, 1.54) is 20.0 Å². The first-order valence-corrected chi connectivity index (χ1v) is 9.74. The maximum Gasteiger partial charge on any atom is 0.316 e. The van der Waals surface area contributed by atoms with Crippen molar-refractivity contribution in [1.82, 2.24) is 0 Å². The molecule has 0 aromatic heterocycles. The van der Waals surface area contributed by atoms with Crippen molar-refractivity contribution in [3.05, 3.63) is 0 Å². The van der Waals surface area contributed by atoms with Gasteiger partial charge < -0.3 is 9.84 Å². The number of hydrogen-bond donors (Lipinski definition) is 1. The van der Waals surface area contributed by atoms with Crippen LogP contribution in [0.1, 0.15) is 58.3 Å². The molecule has 4 aliphatic rings. The van der Waals surface area contributed by atoms with E-state index in [1.807, 2.05) is 0 Å². The fourth-order valence-electron chi connectivity index (χ4n) is 7.12. The van der Waals surface area contributed by atoms with Gasteiger partial charge in [0.25, 0.3) is 0 Å². The second-order valence-corrected chi connectivity index (χ2v) is 9.05. The molecule has 24 heavy (non-hydrogen) atoms. The van der Waals surface area contributed by atoms with Crippen LogP contribution in [0.2, 0.25) is 0 Å². The summed E-state index contributed by atoms with van der Waals surface area (Å²) in [4.78, 5) is 24.6. The highest BCUT2D eigenvalue weighted by atomic mass is 16.5. The van der Waals surface area contributed by atoms with Gasteiger partial charge in [-0.2, -0.15) is 0 Å². The number of aliphatic hydroxyl groups is 1. The van der Waals surface area contributed by atoms with Crippen molar-refractivity contribution in [2.24, 2.45) is 40.9 Å². The number of ether oxygens (including phenoxy) is 1. The Bertz CT molecular complexity index is 544. The average Bonchev–Trinajstić information content (AvgIpc) is 2.91. The molecule has 0 heterocycles. The number of esters is 1. The van der Waals surface area contributed by atoms with E-state index < -0.39 is 5.92 Å². The van der Waals surface area contributed by atoms with E-state index in [9.17, 15) is 14.7 Å². The van der Waals surface area contributed by atoms with Gasteiger partial charge in [0.1, 0.15) is 11.7 Å². The predicted octanol–water partition coefficient (Wildman–Crippen LogP) is 2.97. The molecule has 8 atom stereocenters. The van der Waals surface area contributed by atoms with Crippen molar-refractivity contribution < 1.29 is 19.4 Å². The van der Waals surface area contributed by atoms with E-state index in [2.05, 4.69) is 6.92 Å². The van der Waals surface area contributed by atoms with Gasteiger partial charge >= 0.3 is 5.97 Å². The number of ketones is 1. The SMILES string of the molecule is COC(=O)[C@@H]1C(=O)C[C@@H]2[C@H]3CC[C@@H]4C[C@@H](O)CC[C@@]4(C)[C@@H]3CC[C@@H]12. The standard InChI is InChI=1S/C20H30O4/c1-20-8-7-12(21)9-11(20)3-4-13-15-10-17(22)18(19(23)24-2)14(15)5-6-16(13)20/h11-16,18,21H,3-10H2,1-2H3/t11-,12+,13-,14-,15-,16-,18+,20-/m1/s1. The highest BCUT2D eigenvalue weighted by Crippen LogP contribution is 2.63. The zero-order valence-electron chi connectivity index (χ0n) is 14.9. The van der Waals surface area contributed by atoms with Crippen LogP contribution in [-0.4, -0.2) is 30.1 Å². The highest BCUT2D eigenvalue weighted by molar-refractivity contribution is 6.01. The minimum atomic E-state index is -0.500. The summed E-state index contributed by atoms with van der Waals surface area (Å²) in [6.07, 6.45) is 7.92. The lowest BCUT2D eigenvalue weighted by molar-refractivity contribution is -0.152. The van der Waals surface area contributed by atoms with Gasteiger partial charge in [-0.3, -0.25) is 9.59 Å². The molecule has 4 rings (SSSR count). The Balaban J connectivity index is 1.58. The quantitative estimate of drug-likeness (QED) is 0.591. The summed E-state index contributed by atoms with van der Waals surface area (Å²) in [6.45, 7) is 2.44. The number of methoxy groups -OCH3 is 1. The Morgan fingerprint density at radius 3 is 2.62 bits per heavy atom. The van der Waals surface area contributed by atoms with Crippen LogP contribution in [-0.2, 0) is 14.3 Å². The van der Waals surface area contributed by atoms with Gasteiger partial charge in [0.2, 0.25) is 0 Å². The predicted molar refractivity (Wildman–Crippen MR) is 89.0 cm³/mol. The maximum absolute atomic E-state index is 12.5. The first-order chi connectivity index (χ1) is 11.5. The van der Waals surface area contributed by atoms with Crippen LogP contribution in [0.4, 0.5) is 0 Å². The molecule has 1 N–H and O–H groups in total. The number of aliphatic hydroxyl groups excluding tert-OH is 1. The van der Waals surface area contributed by atoms with Crippen molar-refractivity contribution in [3.63, 3.8) is 0 Å². The van der Waals surface area contributed by atoms with Gasteiger partial charge in [-0.15, -0.1) is 0 Å². The second kappa shape index (κ2) is 5.82. The first kappa shape index (κ1) is 16.6. The monoisotopic (exact) mass is 334 g/mol. The van der Waals surface area contributed by atoms with E-state index in [4.69, 9.17) is 4.74 Å². The highest BCUT2D eigenvalue weighted by Gasteiger charge is 2.59. The van der Waals surface area contributed by atoms with Crippen LogP contribution < -0.4 is 0 Å². The van der Waals surface area contributed by atoms with Crippen LogP contribution in [0, 0.1) is 40.9 Å². The van der Waals surface area contributed by atoms with Gasteiger partial charge in [-0.25, -0.2) is 0 Å². The molecule has 4 aliphatic carbocycles. The summed E-state index contributed by atoms with van der Waals surface area (Å²) < 4.78 is 4.92. The van der Waals surface area contributed by atoms with E-state index >= 15 is 0 Å². The Labute approximate surface area is 144 Å². The van der Waals surface area contributed by atoms with Crippen LogP contribution in [0.25, 0.3) is 0 Å². The zero-order valence-corrected chi connectivity index (χ0v) is 14.9. The van der Waals surface area contributed by atoms with Crippen LogP contribution in [0.15, 0.2) is 0 Å². The lowest BCUT2D eigenvalue weighted by atomic mass is 9.47. The topological polar surface area (TPSA) is 63.6 Å². The zero-order chi connectivity index (χ0) is 17.1. The molecular formula is C20H30O4. The number of carbonyl (C=O) groups excluding carboxylic acids is 2. The van der Waals surface area contributed by atoms with E-state index in [0.29, 0.717) is 35.5 Å². The van der Waals surface area contributed by atoms with Gasteiger partial charge in [-0.1, -0.05) is 6.92 Å². The summed E-state index contributed by atoms with van der Waals surface area (Å²) in [5.41, 5.74) is 0.319. The van der Waals surface area contributed by atoms with Crippen LogP contribution in [0.3, 0.4) is 0 Å². The van der Waals surface area contributed by atoms with Gasteiger partial charge in [-0.05, 0) is 80.0 Å². The Kier molecular flexibility index (Phi) is 4.02. The molecule has 0 aliphatic heterocycles. The largest absolute Gasteiger partial charge is 0.468 e. The van der Waals surface area contributed by atoms with E-state index in [-0.39, 0.29) is 23.8 Å². The van der Waals surface area contributed by atoms with Gasteiger partial charge in [0, 0.05) is 6.42 Å². The Hall–Kier alpha value is -0.900. The minimum absolute atomic E-state index is 0.115.